The molecule has 19 heavy (non-hydrogen) atoms. The summed E-state index contributed by atoms with van der Waals surface area (Å²) in [6.45, 7) is 6.66. The average molecular weight is 262 g/mol. The normalized spacial score (nSPS) is 18.2. The monoisotopic (exact) mass is 262 g/mol. The second kappa shape index (κ2) is 5.61. The van der Waals surface area contributed by atoms with Crippen LogP contribution in [0.25, 0.3) is 0 Å². The van der Waals surface area contributed by atoms with Crippen LogP contribution in [0.4, 0.5) is 0 Å². The number of hydrogen-bond acceptors (Lipinski definition) is 3. The van der Waals surface area contributed by atoms with E-state index in [1.54, 1.807) is 7.11 Å². The first-order valence-corrected chi connectivity index (χ1v) is 6.68. The summed E-state index contributed by atoms with van der Waals surface area (Å²) >= 11 is 0. The maximum atomic E-state index is 12.5. The fourth-order valence-corrected chi connectivity index (χ4v) is 2.55. The molecule has 1 fully saturated rings. The van der Waals surface area contributed by atoms with E-state index in [1.807, 2.05) is 29.2 Å². The minimum Gasteiger partial charge on any atom is -0.496 e. The van der Waals surface area contributed by atoms with Gasteiger partial charge in [0.25, 0.3) is 0 Å². The fourth-order valence-electron chi connectivity index (χ4n) is 2.55. The molecule has 1 aliphatic rings. The molecule has 0 unspecified atom stereocenters. The summed E-state index contributed by atoms with van der Waals surface area (Å²) in [5.74, 6) is 0.944. The van der Waals surface area contributed by atoms with Crippen LogP contribution in [0.1, 0.15) is 19.4 Å². The number of hydrogen-bond donors (Lipinski definition) is 1. The van der Waals surface area contributed by atoms with Crippen molar-refractivity contribution in [2.45, 2.75) is 25.8 Å². The highest BCUT2D eigenvalue weighted by Gasteiger charge is 2.33. The molecule has 0 bridgehead atoms. The standard InChI is InChI=1S/C15H22N2O2/c1-15(2)11-16-8-9-17(15)14(18)10-12-6-4-5-7-13(12)19-3/h4-7,16H,8-11H2,1-3H3. The van der Waals surface area contributed by atoms with Crippen molar-refractivity contribution in [3.05, 3.63) is 29.8 Å². The number of piperazine rings is 1. The Hall–Kier alpha value is -1.55. The van der Waals surface area contributed by atoms with Gasteiger partial charge in [-0.25, -0.2) is 0 Å². The van der Waals surface area contributed by atoms with Gasteiger partial charge in [-0.15, -0.1) is 0 Å². The molecule has 0 aromatic heterocycles. The third kappa shape index (κ3) is 3.07. The van der Waals surface area contributed by atoms with E-state index >= 15 is 0 Å². The molecule has 2 rings (SSSR count). The highest BCUT2D eigenvalue weighted by molar-refractivity contribution is 5.80. The second-order valence-electron chi connectivity index (χ2n) is 5.52. The van der Waals surface area contributed by atoms with Crippen molar-refractivity contribution in [1.82, 2.24) is 10.2 Å². The summed E-state index contributed by atoms with van der Waals surface area (Å²) in [6, 6.07) is 7.70. The quantitative estimate of drug-likeness (QED) is 0.896. The zero-order valence-corrected chi connectivity index (χ0v) is 11.9. The van der Waals surface area contributed by atoms with Crippen molar-refractivity contribution < 1.29 is 9.53 Å². The van der Waals surface area contributed by atoms with Crippen molar-refractivity contribution >= 4 is 5.91 Å². The lowest BCUT2D eigenvalue weighted by Gasteiger charge is -2.43. The molecule has 0 spiro atoms. The van der Waals surface area contributed by atoms with Gasteiger partial charge in [0.2, 0.25) is 5.91 Å². The molecule has 0 aliphatic carbocycles. The van der Waals surface area contributed by atoms with Crippen LogP contribution >= 0.6 is 0 Å². The number of carbonyl (C=O) groups excluding carboxylic acids is 1. The molecule has 1 heterocycles. The molecule has 0 saturated carbocycles. The lowest BCUT2D eigenvalue weighted by molar-refractivity contribution is -0.136. The molecule has 4 nitrogen and oxygen atoms in total. The Balaban J connectivity index is 2.12. The lowest BCUT2D eigenvalue weighted by Crippen LogP contribution is -2.60. The highest BCUT2D eigenvalue weighted by Crippen LogP contribution is 2.22. The zero-order valence-electron chi connectivity index (χ0n) is 11.9. The Morgan fingerprint density at radius 2 is 2.16 bits per heavy atom. The van der Waals surface area contributed by atoms with Crippen LogP contribution in [0, 0.1) is 0 Å². The van der Waals surface area contributed by atoms with Crippen LogP contribution in [0.15, 0.2) is 24.3 Å². The van der Waals surface area contributed by atoms with Gasteiger partial charge >= 0.3 is 0 Å². The molecular weight excluding hydrogens is 240 g/mol. The molecule has 0 radical (unpaired) electrons. The van der Waals surface area contributed by atoms with Crippen molar-refractivity contribution in [1.29, 1.82) is 0 Å². The molecule has 1 N–H and O–H groups in total. The molecule has 1 aliphatic heterocycles. The van der Waals surface area contributed by atoms with Gasteiger partial charge < -0.3 is 15.0 Å². The van der Waals surface area contributed by atoms with E-state index in [2.05, 4.69) is 19.2 Å². The van der Waals surface area contributed by atoms with Crippen molar-refractivity contribution in [3.63, 3.8) is 0 Å². The molecule has 1 aromatic rings. The molecule has 4 heteroatoms. The largest absolute Gasteiger partial charge is 0.496 e. The molecule has 1 saturated heterocycles. The summed E-state index contributed by atoms with van der Waals surface area (Å²) in [6.07, 6.45) is 0.396. The van der Waals surface area contributed by atoms with E-state index in [4.69, 9.17) is 4.74 Å². The first-order chi connectivity index (χ1) is 9.04. The van der Waals surface area contributed by atoms with Crippen molar-refractivity contribution in [2.75, 3.05) is 26.7 Å². The maximum Gasteiger partial charge on any atom is 0.227 e. The van der Waals surface area contributed by atoms with Gasteiger partial charge in [0.1, 0.15) is 5.75 Å². The summed E-state index contributed by atoms with van der Waals surface area (Å²) < 4.78 is 5.30. The summed E-state index contributed by atoms with van der Waals surface area (Å²) in [5, 5.41) is 3.33. The van der Waals surface area contributed by atoms with Crippen LogP contribution in [-0.2, 0) is 11.2 Å². The maximum absolute atomic E-state index is 12.5. The third-order valence-corrected chi connectivity index (χ3v) is 3.64. The Morgan fingerprint density at radius 1 is 1.42 bits per heavy atom. The number of nitrogens with zero attached hydrogens (tertiary/aromatic N) is 1. The Labute approximate surface area is 114 Å². The number of carbonyl (C=O) groups is 1. The first-order valence-electron chi connectivity index (χ1n) is 6.68. The van der Waals surface area contributed by atoms with Crippen molar-refractivity contribution in [2.24, 2.45) is 0 Å². The Morgan fingerprint density at radius 3 is 2.84 bits per heavy atom. The van der Waals surface area contributed by atoms with Gasteiger partial charge in [-0.2, -0.15) is 0 Å². The lowest BCUT2D eigenvalue weighted by atomic mass is 9.98. The van der Waals surface area contributed by atoms with Gasteiger partial charge in [-0.1, -0.05) is 18.2 Å². The van der Waals surface area contributed by atoms with E-state index in [-0.39, 0.29) is 11.4 Å². The molecule has 1 amide bonds. The molecule has 104 valence electrons. The van der Waals surface area contributed by atoms with E-state index < -0.39 is 0 Å². The van der Waals surface area contributed by atoms with Crippen LogP contribution < -0.4 is 10.1 Å². The summed E-state index contributed by atoms with van der Waals surface area (Å²) in [7, 11) is 1.64. The SMILES string of the molecule is COc1ccccc1CC(=O)N1CCNCC1(C)C. The van der Waals surface area contributed by atoms with Gasteiger partial charge in [0.15, 0.2) is 0 Å². The zero-order chi connectivity index (χ0) is 13.9. The van der Waals surface area contributed by atoms with E-state index in [0.717, 1.165) is 30.9 Å². The minimum atomic E-state index is -0.128. The van der Waals surface area contributed by atoms with Gasteiger partial charge in [0, 0.05) is 30.7 Å². The van der Waals surface area contributed by atoms with E-state index in [9.17, 15) is 4.79 Å². The Kier molecular flexibility index (Phi) is 4.10. The fraction of sp³-hybridized carbons (Fsp3) is 0.533. The van der Waals surface area contributed by atoms with Gasteiger partial charge in [-0.3, -0.25) is 4.79 Å². The molecule has 1 aromatic carbocycles. The van der Waals surface area contributed by atoms with Crippen LogP contribution in [0.2, 0.25) is 0 Å². The number of amides is 1. The first kappa shape index (κ1) is 13.9. The Bertz CT molecular complexity index is 457. The van der Waals surface area contributed by atoms with Gasteiger partial charge in [0.05, 0.1) is 13.5 Å². The van der Waals surface area contributed by atoms with Crippen LogP contribution in [-0.4, -0.2) is 43.1 Å². The average Bonchev–Trinajstić information content (AvgIpc) is 2.38. The number of para-hydroxylation sites is 1. The predicted octanol–water partition coefficient (Wildman–Crippen LogP) is 1.45. The summed E-state index contributed by atoms with van der Waals surface area (Å²) in [5.41, 5.74) is 0.821. The van der Waals surface area contributed by atoms with E-state index in [0.29, 0.717) is 6.42 Å². The number of benzene rings is 1. The summed E-state index contributed by atoms with van der Waals surface area (Å²) in [4.78, 5) is 14.5. The molecular formula is C15H22N2O2. The second-order valence-corrected chi connectivity index (χ2v) is 5.52. The smallest absolute Gasteiger partial charge is 0.227 e. The number of methoxy groups -OCH3 is 1. The van der Waals surface area contributed by atoms with Crippen LogP contribution in [0.3, 0.4) is 0 Å². The minimum absolute atomic E-state index is 0.128. The third-order valence-electron chi connectivity index (χ3n) is 3.64. The number of nitrogens with one attached hydrogen (secondary N) is 1. The van der Waals surface area contributed by atoms with E-state index in [1.165, 1.54) is 0 Å². The topological polar surface area (TPSA) is 41.6 Å². The van der Waals surface area contributed by atoms with Crippen LogP contribution in [0.5, 0.6) is 5.75 Å². The molecule has 0 atom stereocenters. The number of rotatable bonds is 3. The van der Waals surface area contributed by atoms with Gasteiger partial charge in [-0.05, 0) is 19.9 Å². The predicted molar refractivity (Wildman–Crippen MR) is 75.4 cm³/mol. The number of ether oxygens (including phenoxy) is 1. The highest BCUT2D eigenvalue weighted by atomic mass is 16.5. The van der Waals surface area contributed by atoms with Crippen molar-refractivity contribution in [3.8, 4) is 5.75 Å².